The SMILES string of the molecule is CC1(C)CCCC1C(=O)Nc1c(N)cc(F)cc1F. The number of amides is 1. The molecule has 3 nitrogen and oxygen atoms in total. The highest BCUT2D eigenvalue weighted by molar-refractivity contribution is 5.96. The lowest BCUT2D eigenvalue weighted by Crippen LogP contribution is -2.31. The number of carbonyl (C=O) groups is 1. The predicted molar refractivity (Wildman–Crippen MR) is 70.5 cm³/mol. The molecule has 0 radical (unpaired) electrons. The molecule has 1 unspecified atom stereocenters. The first-order chi connectivity index (χ1) is 8.81. The molecule has 0 heterocycles. The lowest BCUT2D eigenvalue weighted by molar-refractivity contribution is -0.122. The van der Waals surface area contributed by atoms with Gasteiger partial charge in [-0.3, -0.25) is 4.79 Å². The summed E-state index contributed by atoms with van der Waals surface area (Å²) in [4.78, 5) is 12.2. The molecule has 0 spiro atoms. The Balaban J connectivity index is 2.20. The number of benzene rings is 1. The summed E-state index contributed by atoms with van der Waals surface area (Å²) in [7, 11) is 0. The number of halogens is 2. The normalized spacial score (nSPS) is 21.4. The van der Waals surface area contributed by atoms with Crippen molar-refractivity contribution in [2.75, 3.05) is 11.1 Å². The number of hydrogen-bond donors (Lipinski definition) is 2. The number of hydrogen-bond acceptors (Lipinski definition) is 2. The number of carbonyl (C=O) groups excluding carboxylic acids is 1. The minimum atomic E-state index is -0.846. The molecular weight excluding hydrogens is 250 g/mol. The van der Waals surface area contributed by atoms with Crippen molar-refractivity contribution in [3.8, 4) is 0 Å². The summed E-state index contributed by atoms with van der Waals surface area (Å²) in [5.41, 5.74) is 5.21. The van der Waals surface area contributed by atoms with Crippen LogP contribution in [0.4, 0.5) is 20.2 Å². The maximum Gasteiger partial charge on any atom is 0.228 e. The Hall–Kier alpha value is -1.65. The molecule has 0 bridgehead atoms. The number of nitrogens with two attached hydrogens (primary N) is 1. The largest absolute Gasteiger partial charge is 0.397 e. The van der Waals surface area contributed by atoms with Crippen LogP contribution in [0.1, 0.15) is 33.1 Å². The number of anilines is 2. The number of rotatable bonds is 2. The minimum absolute atomic E-state index is 0.0957. The molecular formula is C14H18F2N2O. The zero-order valence-electron chi connectivity index (χ0n) is 11.1. The molecule has 19 heavy (non-hydrogen) atoms. The van der Waals surface area contributed by atoms with Crippen LogP contribution in [0, 0.1) is 23.0 Å². The second-order valence-corrected chi connectivity index (χ2v) is 5.77. The number of nitrogens with one attached hydrogen (secondary N) is 1. The second-order valence-electron chi connectivity index (χ2n) is 5.77. The summed E-state index contributed by atoms with van der Waals surface area (Å²) < 4.78 is 26.6. The Labute approximate surface area is 111 Å². The highest BCUT2D eigenvalue weighted by Gasteiger charge is 2.39. The van der Waals surface area contributed by atoms with Crippen molar-refractivity contribution in [1.29, 1.82) is 0 Å². The van der Waals surface area contributed by atoms with Crippen LogP contribution in [0.3, 0.4) is 0 Å². The lowest BCUT2D eigenvalue weighted by Gasteiger charge is -2.26. The number of nitrogen functional groups attached to an aromatic ring is 1. The summed E-state index contributed by atoms with van der Waals surface area (Å²) in [5, 5.41) is 2.50. The van der Waals surface area contributed by atoms with Gasteiger partial charge in [-0.25, -0.2) is 8.78 Å². The Morgan fingerprint density at radius 3 is 2.63 bits per heavy atom. The van der Waals surface area contributed by atoms with Gasteiger partial charge in [-0.15, -0.1) is 0 Å². The van der Waals surface area contributed by atoms with E-state index in [2.05, 4.69) is 5.32 Å². The van der Waals surface area contributed by atoms with E-state index in [1.165, 1.54) is 0 Å². The van der Waals surface area contributed by atoms with E-state index in [1.807, 2.05) is 13.8 Å². The van der Waals surface area contributed by atoms with Gasteiger partial charge in [0.2, 0.25) is 5.91 Å². The van der Waals surface area contributed by atoms with Gasteiger partial charge in [-0.2, -0.15) is 0 Å². The van der Waals surface area contributed by atoms with E-state index >= 15 is 0 Å². The maximum absolute atomic E-state index is 13.6. The molecule has 1 aliphatic rings. The van der Waals surface area contributed by atoms with Gasteiger partial charge >= 0.3 is 0 Å². The van der Waals surface area contributed by atoms with Crippen molar-refractivity contribution in [3.63, 3.8) is 0 Å². The summed E-state index contributed by atoms with van der Waals surface area (Å²) in [6, 6.07) is 1.71. The van der Waals surface area contributed by atoms with Crippen molar-refractivity contribution in [1.82, 2.24) is 0 Å². The third kappa shape index (κ3) is 2.69. The van der Waals surface area contributed by atoms with Crippen LogP contribution in [-0.4, -0.2) is 5.91 Å². The molecule has 3 N–H and O–H groups in total. The molecule has 2 rings (SSSR count). The Bertz CT molecular complexity index is 491. The maximum atomic E-state index is 13.6. The van der Waals surface area contributed by atoms with Crippen molar-refractivity contribution in [2.24, 2.45) is 11.3 Å². The molecule has 1 aromatic carbocycles. The van der Waals surface area contributed by atoms with E-state index in [4.69, 9.17) is 5.73 Å². The molecule has 1 aliphatic carbocycles. The van der Waals surface area contributed by atoms with E-state index in [1.54, 1.807) is 0 Å². The monoisotopic (exact) mass is 268 g/mol. The molecule has 0 saturated heterocycles. The fraction of sp³-hybridized carbons (Fsp3) is 0.500. The first-order valence-electron chi connectivity index (χ1n) is 6.36. The topological polar surface area (TPSA) is 55.1 Å². The first kappa shape index (κ1) is 13.8. The van der Waals surface area contributed by atoms with E-state index in [-0.39, 0.29) is 28.6 Å². The fourth-order valence-corrected chi connectivity index (χ4v) is 2.75. The molecule has 5 heteroatoms. The third-order valence-corrected chi connectivity index (χ3v) is 3.91. The average Bonchev–Trinajstić information content (AvgIpc) is 2.63. The van der Waals surface area contributed by atoms with E-state index in [9.17, 15) is 13.6 Å². The Kier molecular flexibility index (Phi) is 3.47. The standard InChI is InChI=1S/C14H18F2N2O/c1-14(2)5-3-4-9(14)13(19)18-12-10(16)6-8(15)7-11(12)17/h6-7,9H,3-5,17H2,1-2H3,(H,18,19). The smallest absolute Gasteiger partial charge is 0.228 e. The van der Waals surface area contributed by atoms with Crippen LogP contribution in [0.15, 0.2) is 12.1 Å². The van der Waals surface area contributed by atoms with Crippen LogP contribution < -0.4 is 11.1 Å². The summed E-state index contributed by atoms with van der Waals surface area (Å²) in [5.74, 6) is -2.02. The molecule has 1 saturated carbocycles. The summed E-state index contributed by atoms with van der Waals surface area (Å²) in [6.45, 7) is 4.04. The van der Waals surface area contributed by atoms with Crippen molar-refractivity contribution >= 4 is 17.3 Å². The minimum Gasteiger partial charge on any atom is -0.397 e. The first-order valence-corrected chi connectivity index (χ1v) is 6.36. The van der Waals surface area contributed by atoms with Gasteiger partial charge in [0.1, 0.15) is 11.5 Å². The predicted octanol–water partition coefficient (Wildman–Crippen LogP) is 3.31. The second kappa shape index (κ2) is 4.79. The zero-order valence-corrected chi connectivity index (χ0v) is 11.1. The summed E-state index contributed by atoms with van der Waals surface area (Å²) >= 11 is 0. The zero-order chi connectivity index (χ0) is 14.2. The van der Waals surface area contributed by atoms with Gasteiger partial charge in [0.05, 0.1) is 5.69 Å². The van der Waals surface area contributed by atoms with Crippen molar-refractivity contribution in [3.05, 3.63) is 23.8 Å². The molecule has 104 valence electrons. The van der Waals surface area contributed by atoms with Gasteiger partial charge in [0.25, 0.3) is 0 Å². The van der Waals surface area contributed by atoms with Crippen LogP contribution in [0.2, 0.25) is 0 Å². The third-order valence-electron chi connectivity index (χ3n) is 3.91. The molecule has 1 aromatic rings. The van der Waals surface area contributed by atoms with Crippen LogP contribution in [-0.2, 0) is 4.79 Å². The van der Waals surface area contributed by atoms with Crippen molar-refractivity contribution < 1.29 is 13.6 Å². The fourth-order valence-electron chi connectivity index (χ4n) is 2.75. The van der Waals surface area contributed by atoms with Gasteiger partial charge < -0.3 is 11.1 Å². The lowest BCUT2D eigenvalue weighted by atomic mass is 9.81. The quantitative estimate of drug-likeness (QED) is 0.808. The highest BCUT2D eigenvalue weighted by Crippen LogP contribution is 2.43. The van der Waals surface area contributed by atoms with Gasteiger partial charge in [-0.1, -0.05) is 20.3 Å². The van der Waals surface area contributed by atoms with Gasteiger partial charge in [0.15, 0.2) is 5.82 Å². The molecule has 0 aromatic heterocycles. The molecule has 1 amide bonds. The van der Waals surface area contributed by atoms with E-state index in [0.29, 0.717) is 6.07 Å². The van der Waals surface area contributed by atoms with Gasteiger partial charge in [0, 0.05) is 12.0 Å². The van der Waals surface area contributed by atoms with E-state index < -0.39 is 11.6 Å². The highest BCUT2D eigenvalue weighted by atomic mass is 19.1. The Morgan fingerprint density at radius 1 is 1.42 bits per heavy atom. The van der Waals surface area contributed by atoms with Crippen molar-refractivity contribution in [2.45, 2.75) is 33.1 Å². The van der Waals surface area contributed by atoms with Crippen LogP contribution in [0.25, 0.3) is 0 Å². The molecule has 1 atom stereocenters. The average molecular weight is 268 g/mol. The molecule has 1 fully saturated rings. The van der Waals surface area contributed by atoms with E-state index in [0.717, 1.165) is 25.3 Å². The van der Waals surface area contributed by atoms with Gasteiger partial charge in [-0.05, 0) is 24.3 Å². The Morgan fingerprint density at radius 2 is 2.11 bits per heavy atom. The summed E-state index contributed by atoms with van der Waals surface area (Å²) in [6.07, 6.45) is 2.72. The van der Waals surface area contributed by atoms with Crippen LogP contribution >= 0.6 is 0 Å². The van der Waals surface area contributed by atoms with Crippen LogP contribution in [0.5, 0.6) is 0 Å². The molecule has 0 aliphatic heterocycles.